The Hall–Kier alpha value is -1.58. The Morgan fingerprint density at radius 1 is 1.27 bits per heavy atom. The summed E-state index contributed by atoms with van der Waals surface area (Å²) in [6.45, 7) is 7.63. The molecular weight excluding hydrogens is 272 g/mol. The van der Waals surface area contributed by atoms with Gasteiger partial charge in [-0.05, 0) is 25.5 Å². The summed E-state index contributed by atoms with van der Waals surface area (Å²) in [7, 11) is 0. The predicted octanol–water partition coefficient (Wildman–Crippen LogP) is 2.85. The quantitative estimate of drug-likeness (QED) is 0.569. The van der Waals surface area contributed by atoms with Crippen molar-refractivity contribution < 1.29 is 9.59 Å². The van der Waals surface area contributed by atoms with Crippen LogP contribution in [0, 0.1) is 0 Å². The molecule has 2 saturated heterocycles. The Morgan fingerprint density at radius 2 is 2.09 bits per heavy atom. The van der Waals surface area contributed by atoms with Gasteiger partial charge in [-0.1, -0.05) is 24.3 Å². The van der Waals surface area contributed by atoms with E-state index >= 15 is 0 Å². The average molecular weight is 295 g/mol. The van der Waals surface area contributed by atoms with Gasteiger partial charge in [-0.2, -0.15) is 0 Å². The van der Waals surface area contributed by atoms with Crippen LogP contribution in [-0.2, 0) is 12.0 Å². The van der Waals surface area contributed by atoms with Gasteiger partial charge in [-0.3, -0.25) is 0 Å². The van der Waals surface area contributed by atoms with E-state index < -0.39 is 5.60 Å². The van der Waals surface area contributed by atoms with Gasteiger partial charge in [0.15, 0.2) is 11.1 Å². The number of nitrogens with one attached hydrogen (secondary N) is 1. The smallest absolute Gasteiger partial charge is 0.171 e. The SMILES string of the molecule is C/C=C1/C[N+]23CCc4c([nH]c5ccccc45)[C@]2(C)[C@]1(O)CC3. The summed E-state index contributed by atoms with van der Waals surface area (Å²) in [5, 5.41) is 13.0. The molecule has 3 aliphatic rings. The van der Waals surface area contributed by atoms with E-state index in [1.165, 1.54) is 27.7 Å². The molecule has 5 rings (SSSR count). The van der Waals surface area contributed by atoms with Gasteiger partial charge in [0.1, 0.15) is 6.54 Å². The normalized spacial score (nSPS) is 41.1. The van der Waals surface area contributed by atoms with E-state index in [0.29, 0.717) is 0 Å². The number of hydrogen-bond donors (Lipinski definition) is 2. The third-order valence-electron chi connectivity index (χ3n) is 7.10. The Balaban J connectivity index is 1.86. The van der Waals surface area contributed by atoms with E-state index in [1.807, 2.05) is 0 Å². The predicted molar refractivity (Wildman–Crippen MR) is 87.5 cm³/mol. The van der Waals surface area contributed by atoms with Crippen LogP contribution in [0.1, 0.15) is 31.5 Å². The van der Waals surface area contributed by atoms with Crippen molar-refractivity contribution in [3.05, 3.63) is 47.2 Å². The van der Waals surface area contributed by atoms with Crippen molar-refractivity contribution in [3.63, 3.8) is 0 Å². The number of nitrogens with zero attached hydrogens (tertiary/aromatic N) is 1. The molecule has 1 aromatic carbocycles. The molecule has 3 nitrogen and oxygen atoms in total. The monoisotopic (exact) mass is 295 g/mol. The Morgan fingerprint density at radius 3 is 2.91 bits per heavy atom. The first kappa shape index (κ1) is 12.9. The van der Waals surface area contributed by atoms with Gasteiger partial charge in [0.05, 0.1) is 18.8 Å². The summed E-state index contributed by atoms with van der Waals surface area (Å²) in [4.78, 5) is 3.69. The van der Waals surface area contributed by atoms with Crippen LogP contribution >= 0.6 is 0 Å². The van der Waals surface area contributed by atoms with Gasteiger partial charge >= 0.3 is 0 Å². The summed E-state index contributed by atoms with van der Waals surface area (Å²) in [6, 6.07) is 8.59. The highest BCUT2D eigenvalue weighted by Crippen LogP contribution is 2.62. The highest BCUT2D eigenvalue weighted by molar-refractivity contribution is 5.85. The molecule has 3 aliphatic heterocycles. The second-order valence-corrected chi connectivity index (χ2v) is 7.52. The van der Waals surface area contributed by atoms with Crippen molar-refractivity contribution in [3.8, 4) is 0 Å². The second kappa shape index (κ2) is 3.66. The molecule has 2 N–H and O–H groups in total. The van der Waals surface area contributed by atoms with Crippen LogP contribution in [0.5, 0.6) is 0 Å². The summed E-state index contributed by atoms with van der Waals surface area (Å²) < 4.78 is 1.03. The first-order valence-electron chi connectivity index (χ1n) is 8.40. The maximum absolute atomic E-state index is 11.6. The number of allylic oxidation sites excluding steroid dienone is 1. The lowest BCUT2D eigenvalue weighted by atomic mass is 9.74. The lowest BCUT2D eigenvalue weighted by Crippen LogP contribution is -2.61. The molecule has 1 unspecified atom stereocenters. The fourth-order valence-electron chi connectivity index (χ4n) is 5.79. The van der Waals surface area contributed by atoms with Crippen LogP contribution in [0.15, 0.2) is 35.9 Å². The molecule has 1 aromatic heterocycles. The standard InChI is InChI=1S/C19H23N2O/c1-3-13-12-21-10-8-15-14-6-4-5-7-16(14)20-17(15)18(21,2)19(13,22)9-11-21/h3-7,20,22H,8-12H2,1-2H3/q+1/b13-3-/t18-,19+,21?/m1/s1. The van der Waals surface area contributed by atoms with Crippen molar-refractivity contribution in [1.82, 2.24) is 4.98 Å². The minimum Gasteiger partial charge on any atom is -0.378 e. The van der Waals surface area contributed by atoms with Gasteiger partial charge in [0.2, 0.25) is 0 Å². The molecule has 114 valence electrons. The molecule has 0 saturated carbocycles. The van der Waals surface area contributed by atoms with E-state index in [0.717, 1.165) is 37.0 Å². The van der Waals surface area contributed by atoms with E-state index in [9.17, 15) is 5.11 Å². The largest absolute Gasteiger partial charge is 0.378 e. The molecule has 2 fully saturated rings. The molecule has 2 aromatic rings. The average Bonchev–Trinajstić information content (AvgIpc) is 3.08. The zero-order valence-electron chi connectivity index (χ0n) is 13.3. The van der Waals surface area contributed by atoms with Crippen LogP contribution in [0.25, 0.3) is 10.9 Å². The molecule has 3 heteroatoms. The summed E-state index contributed by atoms with van der Waals surface area (Å²) in [5.41, 5.74) is 4.28. The number of hydrogen-bond acceptors (Lipinski definition) is 1. The van der Waals surface area contributed by atoms with Gasteiger partial charge in [-0.25, -0.2) is 0 Å². The Labute approximate surface area is 130 Å². The number of aliphatic hydroxyl groups is 1. The number of aromatic nitrogens is 1. The lowest BCUT2D eigenvalue weighted by molar-refractivity contribution is -0.962. The zero-order valence-corrected chi connectivity index (χ0v) is 13.3. The maximum Gasteiger partial charge on any atom is 0.171 e. The highest BCUT2D eigenvalue weighted by Gasteiger charge is 2.75. The number of benzene rings is 1. The molecule has 2 bridgehead atoms. The number of fused-ring (bicyclic) bond motifs is 3. The van der Waals surface area contributed by atoms with Gasteiger partial charge in [-0.15, -0.1) is 0 Å². The Kier molecular flexibility index (Phi) is 2.15. The molecule has 3 atom stereocenters. The second-order valence-electron chi connectivity index (χ2n) is 7.52. The van der Waals surface area contributed by atoms with E-state index in [1.54, 1.807) is 0 Å². The van der Waals surface area contributed by atoms with Crippen LogP contribution in [-0.4, -0.2) is 39.8 Å². The minimum atomic E-state index is -0.683. The third kappa shape index (κ3) is 1.10. The van der Waals surface area contributed by atoms with Crippen molar-refractivity contribution >= 4 is 10.9 Å². The number of rotatable bonds is 0. The molecule has 4 heterocycles. The van der Waals surface area contributed by atoms with Crippen molar-refractivity contribution in [1.29, 1.82) is 0 Å². The van der Waals surface area contributed by atoms with E-state index in [2.05, 4.69) is 49.2 Å². The third-order valence-corrected chi connectivity index (χ3v) is 7.10. The topological polar surface area (TPSA) is 36.0 Å². The number of H-pyrrole nitrogens is 1. The Bertz CT molecular complexity index is 835. The molecule has 0 spiro atoms. The van der Waals surface area contributed by atoms with Crippen LogP contribution in [0.4, 0.5) is 0 Å². The van der Waals surface area contributed by atoms with Gasteiger partial charge in [0, 0.05) is 29.3 Å². The number of piperidine rings is 1. The molecule has 22 heavy (non-hydrogen) atoms. The molecular formula is C19H23N2O+. The fraction of sp³-hybridized carbons (Fsp3) is 0.474. The highest BCUT2D eigenvalue weighted by atomic mass is 16.3. The fourth-order valence-corrected chi connectivity index (χ4v) is 5.79. The molecule has 0 aliphatic carbocycles. The van der Waals surface area contributed by atoms with Crippen molar-refractivity contribution in [2.75, 3.05) is 19.6 Å². The van der Waals surface area contributed by atoms with Crippen molar-refractivity contribution in [2.45, 2.75) is 37.8 Å². The molecule has 0 radical (unpaired) electrons. The molecule has 0 amide bonds. The van der Waals surface area contributed by atoms with Gasteiger partial charge < -0.3 is 14.6 Å². The number of quaternary nitrogens is 1. The minimum absolute atomic E-state index is 0.221. The first-order valence-corrected chi connectivity index (χ1v) is 8.40. The van der Waals surface area contributed by atoms with Crippen LogP contribution in [0.2, 0.25) is 0 Å². The lowest BCUT2D eigenvalue weighted by Gasteiger charge is -2.47. The van der Waals surface area contributed by atoms with Gasteiger partial charge in [0.25, 0.3) is 0 Å². The summed E-state index contributed by atoms with van der Waals surface area (Å²) >= 11 is 0. The number of para-hydroxylation sites is 1. The maximum atomic E-state index is 11.6. The van der Waals surface area contributed by atoms with Crippen LogP contribution in [0.3, 0.4) is 0 Å². The summed E-state index contributed by atoms with van der Waals surface area (Å²) in [6.07, 6.45) is 4.16. The van der Waals surface area contributed by atoms with Crippen molar-refractivity contribution in [2.24, 2.45) is 0 Å². The first-order chi connectivity index (χ1) is 10.6. The van der Waals surface area contributed by atoms with E-state index in [4.69, 9.17) is 0 Å². The van der Waals surface area contributed by atoms with E-state index in [-0.39, 0.29) is 5.54 Å². The summed E-state index contributed by atoms with van der Waals surface area (Å²) in [5.74, 6) is 0. The number of aromatic amines is 1. The zero-order chi connectivity index (χ0) is 15.2. The van der Waals surface area contributed by atoms with Crippen LogP contribution < -0.4 is 0 Å².